The lowest BCUT2D eigenvalue weighted by atomic mass is 10.0. The summed E-state index contributed by atoms with van der Waals surface area (Å²) in [5.74, 6) is 0.376. The molecule has 124 valence electrons. The molecule has 3 rings (SSSR count). The summed E-state index contributed by atoms with van der Waals surface area (Å²) in [6.07, 6.45) is 1.44. The van der Waals surface area contributed by atoms with Gasteiger partial charge < -0.3 is 32.4 Å². The van der Waals surface area contributed by atoms with Crippen LogP contribution in [0.15, 0.2) is 27.8 Å². The van der Waals surface area contributed by atoms with E-state index in [9.17, 15) is 0 Å². The molecule has 0 atom stereocenters. The first-order valence-corrected chi connectivity index (χ1v) is 7.73. The van der Waals surface area contributed by atoms with Crippen molar-refractivity contribution in [3.63, 3.8) is 0 Å². The van der Waals surface area contributed by atoms with Gasteiger partial charge in [0.15, 0.2) is 0 Å². The summed E-state index contributed by atoms with van der Waals surface area (Å²) in [7, 11) is 2.20. The summed E-state index contributed by atoms with van der Waals surface area (Å²) in [4.78, 5) is 5.38. The van der Waals surface area contributed by atoms with Crippen molar-refractivity contribution in [3.8, 4) is 23.5 Å². The third kappa shape index (κ3) is 4.00. The smallest absolute Gasteiger partial charge is 0.140 e. The van der Waals surface area contributed by atoms with Crippen molar-refractivity contribution in [1.82, 2.24) is 4.98 Å². The molecular weight excluding hydrogens is 326 g/mol. The van der Waals surface area contributed by atoms with E-state index in [0.29, 0.717) is 11.3 Å². The number of nitrogens with one attached hydrogen (secondary N) is 1. The van der Waals surface area contributed by atoms with Crippen molar-refractivity contribution >= 4 is 18.4 Å². The molecule has 0 aromatic carbocycles. The molecule has 0 radical (unpaired) electrons. The maximum absolute atomic E-state index is 9.06. The van der Waals surface area contributed by atoms with Crippen molar-refractivity contribution in [1.29, 1.82) is 10.5 Å². The van der Waals surface area contributed by atoms with E-state index in [1.165, 1.54) is 19.4 Å². The van der Waals surface area contributed by atoms with Crippen LogP contribution in [0.4, 0.5) is 5.82 Å². The van der Waals surface area contributed by atoms with Crippen LogP contribution in [0.1, 0.15) is 11.1 Å². The fourth-order valence-corrected chi connectivity index (χ4v) is 2.43. The third-order valence-electron chi connectivity index (χ3n) is 3.53. The number of rotatable bonds is 1. The first-order chi connectivity index (χ1) is 11.6. The highest BCUT2D eigenvalue weighted by molar-refractivity contribution is 7.58. The normalized spacial score (nSPS) is 14.1. The number of nitrogens with zero attached hydrogens (tertiary/aromatic N) is 3. The maximum Gasteiger partial charge on any atom is 0.140 e. The number of quaternary nitrogens is 1. The van der Waals surface area contributed by atoms with Crippen LogP contribution in [0.2, 0.25) is 0 Å². The molecule has 0 spiro atoms. The number of morpholine rings is 1. The minimum absolute atomic E-state index is 0.00269. The van der Waals surface area contributed by atoms with E-state index >= 15 is 0 Å². The lowest BCUT2D eigenvalue weighted by Gasteiger charge is -2.18. The molecule has 1 aliphatic heterocycles. The Hall–Kier alpha value is -2.65. The second-order valence-corrected chi connectivity index (χ2v) is 5.58. The van der Waals surface area contributed by atoms with Gasteiger partial charge in [0.05, 0.1) is 43.7 Å². The van der Waals surface area contributed by atoms with Gasteiger partial charge in [0.2, 0.25) is 0 Å². The molecule has 0 bridgehead atoms. The fraction of sp³-hybridized carbons (Fsp3) is 0.312. The van der Waals surface area contributed by atoms with Crippen LogP contribution in [0.5, 0.6) is 0 Å². The van der Waals surface area contributed by atoms with Gasteiger partial charge in [-0.25, -0.2) is 0 Å². The van der Waals surface area contributed by atoms with Gasteiger partial charge >= 0.3 is 0 Å². The molecule has 0 unspecified atom stereocenters. The highest BCUT2D eigenvalue weighted by Crippen LogP contribution is 2.31. The zero-order valence-corrected chi connectivity index (χ0v) is 14.0. The first kappa shape index (κ1) is 17.7. The first-order valence-electron chi connectivity index (χ1n) is 7.32. The summed E-state index contributed by atoms with van der Waals surface area (Å²) >= 11 is 4.94. The second-order valence-electron chi connectivity index (χ2n) is 5.20. The van der Waals surface area contributed by atoms with E-state index in [1.807, 2.05) is 12.1 Å². The standard InChI is InChI=1S/C11H6N4OS.C5H11NO/c12-4-6-9(8-2-1-3-16-8)7(5-13)11(17)15-10(6)14;1-6-2-4-7-5-3-6/h1-3H,(H3,14,15,17);2-5H2,1H3. The van der Waals surface area contributed by atoms with Gasteiger partial charge in [-0.05, 0) is 12.1 Å². The topological polar surface area (TPSA) is 113 Å². The molecule has 7 nitrogen and oxygen atoms in total. The predicted octanol–water partition coefficient (Wildman–Crippen LogP) is 0.104. The molecule has 2 aromatic rings. The van der Waals surface area contributed by atoms with Crippen LogP contribution in [-0.4, -0.2) is 38.3 Å². The molecule has 1 saturated heterocycles. The molecule has 0 saturated carbocycles. The Morgan fingerprint density at radius 1 is 1.25 bits per heavy atom. The number of nitrogens with two attached hydrogens (primary N) is 1. The van der Waals surface area contributed by atoms with E-state index in [2.05, 4.69) is 12.0 Å². The molecule has 0 amide bonds. The number of anilines is 1. The summed E-state index contributed by atoms with van der Waals surface area (Å²) in [6.45, 7) is 4.26. The zero-order chi connectivity index (χ0) is 17.5. The number of aromatic nitrogens is 1. The largest absolute Gasteiger partial charge is 0.759 e. The van der Waals surface area contributed by atoms with Gasteiger partial charge in [-0.2, -0.15) is 10.5 Å². The van der Waals surface area contributed by atoms with Crippen LogP contribution in [0.3, 0.4) is 0 Å². The lowest BCUT2D eigenvalue weighted by molar-refractivity contribution is -0.888. The number of furan rings is 1. The Bertz CT molecular complexity index is 733. The molecule has 0 aliphatic carbocycles. The van der Waals surface area contributed by atoms with Crippen molar-refractivity contribution < 1.29 is 14.1 Å². The van der Waals surface area contributed by atoms with E-state index in [4.69, 9.17) is 38.0 Å². The highest BCUT2D eigenvalue weighted by Gasteiger charge is 2.17. The summed E-state index contributed by atoms with van der Waals surface area (Å²) in [6, 6.07) is 7.11. The number of hydrogen-bond acceptors (Lipinski definition) is 7. The minimum Gasteiger partial charge on any atom is -0.759 e. The van der Waals surface area contributed by atoms with Crippen LogP contribution >= 0.6 is 0 Å². The Kier molecular flexibility index (Phi) is 6.10. The molecule has 8 heteroatoms. The quantitative estimate of drug-likeness (QED) is 0.706. The van der Waals surface area contributed by atoms with Crippen molar-refractivity contribution in [2.45, 2.75) is 5.03 Å². The van der Waals surface area contributed by atoms with Gasteiger partial charge in [0, 0.05) is 0 Å². The van der Waals surface area contributed by atoms with Gasteiger partial charge in [0.1, 0.15) is 36.3 Å². The summed E-state index contributed by atoms with van der Waals surface area (Å²) < 4.78 is 10.3. The molecule has 1 aliphatic rings. The number of likely N-dealkylation sites (N-methyl/N-ethyl adjacent to an activating group) is 1. The third-order valence-corrected chi connectivity index (χ3v) is 3.82. The molecule has 2 aromatic heterocycles. The monoisotopic (exact) mass is 343 g/mol. The van der Waals surface area contributed by atoms with Crippen LogP contribution in [-0.2, 0) is 17.4 Å². The highest BCUT2D eigenvalue weighted by atomic mass is 32.1. The average molecular weight is 343 g/mol. The minimum atomic E-state index is 0.00269. The molecule has 3 N–H and O–H groups in total. The SMILES string of the molecule is C[NH+]1CCOCC1.N#Cc1c(N)nc([S-])c(C#N)c1-c1ccco1. The van der Waals surface area contributed by atoms with Gasteiger partial charge in [0.25, 0.3) is 0 Å². The van der Waals surface area contributed by atoms with Crippen molar-refractivity contribution in [3.05, 3.63) is 29.5 Å². The van der Waals surface area contributed by atoms with Crippen molar-refractivity contribution in [2.75, 3.05) is 39.1 Å². The Labute approximate surface area is 145 Å². The molecule has 24 heavy (non-hydrogen) atoms. The molecule has 3 heterocycles. The second kappa shape index (κ2) is 8.27. The maximum atomic E-state index is 9.06. The predicted molar refractivity (Wildman–Crippen MR) is 88.9 cm³/mol. The van der Waals surface area contributed by atoms with Crippen molar-refractivity contribution in [2.24, 2.45) is 0 Å². The Morgan fingerprint density at radius 2 is 1.92 bits per heavy atom. The van der Waals surface area contributed by atoms with Crippen LogP contribution in [0, 0.1) is 22.7 Å². The fourth-order valence-electron chi connectivity index (χ4n) is 2.19. The van der Waals surface area contributed by atoms with Gasteiger partial charge in [-0.15, -0.1) is 0 Å². The van der Waals surface area contributed by atoms with Gasteiger partial charge in [-0.1, -0.05) is 5.03 Å². The van der Waals surface area contributed by atoms with E-state index in [-0.39, 0.29) is 22.0 Å². The van der Waals surface area contributed by atoms with Crippen LogP contribution in [0.25, 0.3) is 11.3 Å². The summed E-state index contributed by atoms with van der Waals surface area (Å²) in [5, 5.41) is 18.2. The Balaban J connectivity index is 0.000000249. The number of ether oxygens (including phenoxy) is 1. The lowest BCUT2D eigenvalue weighted by Crippen LogP contribution is -3.11. The number of pyridine rings is 1. The zero-order valence-electron chi connectivity index (χ0n) is 13.2. The van der Waals surface area contributed by atoms with E-state index in [0.717, 1.165) is 13.2 Å². The molecular formula is C16H17N5O2S. The van der Waals surface area contributed by atoms with E-state index in [1.54, 1.807) is 17.0 Å². The summed E-state index contributed by atoms with van der Waals surface area (Å²) in [5.41, 5.74) is 6.14. The average Bonchev–Trinajstić information content (AvgIpc) is 3.09. The van der Waals surface area contributed by atoms with Gasteiger partial charge in [-0.3, -0.25) is 4.98 Å². The molecule has 1 fully saturated rings. The number of nitriles is 2. The van der Waals surface area contributed by atoms with Crippen LogP contribution < -0.4 is 10.6 Å². The number of hydrogen-bond donors (Lipinski definition) is 2. The Morgan fingerprint density at radius 3 is 2.38 bits per heavy atom. The van der Waals surface area contributed by atoms with E-state index < -0.39 is 0 Å². The number of nitrogen functional groups attached to an aromatic ring is 1.